The normalized spacial score (nSPS) is 18.7. The highest BCUT2D eigenvalue weighted by Gasteiger charge is 2.33. The van der Waals surface area contributed by atoms with E-state index in [-0.39, 0.29) is 11.9 Å². The smallest absolute Gasteiger partial charge is 0.274 e. The highest BCUT2D eigenvalue weighted by molar-refractivity contribution is 6.04. The van der Waals surface area contributed by atoms with Crippen molar-refractivity contribution in [2.45, 2.75) is 6.04 Å². The number of morpholine rings is 1. The third-order valence-electron chi connectivity index (χ3n) is 3.65. The summed E-state index contributed by atoms with van der Waals surface area (Å²) in [4.78, 5) is 22.8. The molecule has 1 amide bonds. The van der Waals surface area contributed by atoms with E-state index < -0.39 is 0 Å². The molecular weight excluding hydrogens is 288 g/mol. The first kappa shape index (κ1) is 13.0. The van der Waals surface area contributed by atoms with E-state index in [1.807, 2.05) is 0 Å². The molecule has 0 N–H and O–H groups in total. The van der Waals surface area contributed by atoms with Gasteiger partial charge in [0.05, 0.1) is 24.9 Å². The fourth-order valence-corrected chi connectivity index (χ4v) is 2.59. The molecule has 22 heavy (non-hydrogen) atoms. The number of rotatable bonds is 2. The summed E-state index contributed by atoms with van der Waals surface area (Å²) in [6, 6.07) is 3.07. The van der Waals surface area contributed by atoms with Crippen molar-refractivity contribution in [1.29, 1.82) is 0 Å². The Morgan fingerprint density at radius 2 is 2.27 bits per heavy atom. The number of carbonyl (C=O) groups is 1. The van der Waals surface area contributed by atoms with Crippen molar-refractivity contribution in [2.75, 3.05) is 19.8 Å². The molecule has 1 aliphatic rings. The summed E-state index contributed by atoms with van der Waals surface area (Å²) in [6.45, 7) is 1.22. The molecule has 112 valence electrons. The molecule has 0 aliphatic carbocycles. The van der Waals surface area contributed by atoms with Gasteiger partial charge in [0, 0.05) is 12.7 Å². The molecule has 8 nitrogen and oxygen atoms in total. The van der Waals surface area contributed by atoms with Gasteiger partial charge in [-0.3, -0.25) is 9.78 Å². The Morgan fingerprint density at radius 1 is 1.32 bits per heavy atom. The molecule has 1 saturated heterocycles. The SMILES string of the molecule is O=C(c1nccc2occc12)N1CCOCC1c1ncon1. The number of carbonyl (C=O) groups excluding carboxylic acids is 1. The van der Waals surface area contributed by atoms with Gasteiger partial charge in [0.1, 0.15) is 17.3 Å². The Morgan fingerprint density at radius 3 is 3.14 bits per heavy atom. The Balaban J connectivity index is 1.72. The van der Waals surface area contributed by atoms with Gasteiger partial charge in [0.2, 0.25) is 6.39 Å². The van der Waals surface area contributed by atoms with Crippen LogP contribution in [-0.2, 0) is 4.74 Å². The third kappa shape index (κ3) is 2.04. The monoisotopic (exact) mass is 300 g/mol. The van der Waals surface area contributed by atoms with Crippen LogP contribution in [0.3, 0.4) is 0 Å². The van der Waals surface area contributed by atoms with E-state index in [1.54, 1.807) is 29.5 Å². The van der Waals surface area contributed by atoms with Gasteiger partial charge in [-0.15, -0.1) is 0 Å². The van der Waals surface area contributed by atoms with Crippen LogP contribution in [0.25, 0.3) is 11.0 Å². The molecule has 4 rings (SSSR count). The van der Waals surface area contributed by atoms with Crippen LogP contribution in [0.4, 0.5) is 0 Å². The molecule has 3 aromatic heterocycles. The van der Waals surface area contributed by atoms with Gasteiger partial charge in [-0.1, -0.05) is 5.16 Å². The second kappa shape index (κ2) is 5.23. The zero-order valence-electron chi connectivity index (χ0n) is 11.5. The average molecular weight is 300 g/mol. The Labute approximate surface area is 124 Å². The molecule has 1 fully saturated rings. The third-order valence-corrected chi connectivity index (χ3v) is 3.65. The van der Waals surface area contributed by atoms with Gasteiger partial charge in [-0.05, 0) is 12.1 Å². The van der Waals surface area contributed by atoms with Gasteiger partial charge in [-0.2, -0.15) is 4.98 Å². The Kier molecular flexibility index (Phi) is 3.08. The van der Waals surface area contributed by atoms with Gasteiger partial charge < -0.3 is 18.6 Å². The highest BCUT2D eigenvalue weighted by atomic mass is 16.5. The molecule has 8 heteroatoms. The molecule has 0 aromatic carbocycles. The van der Waals surface area contributed by atoms with E-state index in [1.165, 1.54) is 6.39 Å². The lowest BCUT2D eigenvalue weighted by Crippen LogP contribution is -2.44. The van der Waals surface area contributed by atoms with Crippen molar-refractivity contribution >= 4 is 16.9 Å². The number of fused-ring (bicyclic) bond motifs is 1. The zero-order valence-corrected chi connectivity index (χ0v) is 11.5. The van der Waals surface area contributed by atoms with Crippen LogP contribution in [0.15, 0.2) is 39.9 Å². The average Bonchev–Trinajstić information content (AvgIpc) is 3.25. The first-order chi connectivity index (χ1) is 10.8. The molecule has 3 aromatic rings. The summed E-state index contributed by atoms with van der Waals surface area (Å²) in [5.41, 5.74) is 0.976. The number of hydrogen-bond acceptors (Lipinski definition) is 7. The van der Waals surface area contributed by atoms with Crippen LogP contribution in [0.2, 0.25) is 0 Å². The summed E-state index contributed by atoms with van der Waals surface area (Å²) in [7, 11) is 0. The van der Waals surface area contributed by atoms with E-state index in [2.05, 4.69) is 15.1 Å². The van der Waals surface area contributed by atoms with Gasteiger partial charge in [0.15, 0.2) is 5.82 Å². The summed E-state index contributed by atoms with van der Waals surface area (Å²) >= 11 is 0. The summed E-state index contributed by atoms with van der Waals surface area (Å²) in [5, 5.41) is 4.51. The van der Waals surface area contributed by atoms with E-state index in [0.717, 1.165) is 0 Å². The van der Waals surface area contributed by atoms with E-state index >= 15 is 0 Å². The van der Waals surface area contributed by atoms with Crippen LogP contribution in [0.5, 0.6) is 0 Å². The summed E-state index contributed by atoms with van der Waals surface area (Å²) in [6.07, 6.45) is 4.34. The Hall–Kier alpha value is -2.74. The maximum Gasteiger partial charge on any atom is 0.274 e. The van der Waals surface area contributed by atoms with E-state index in [0.29, 0.717) is 42.2 Å². The lowest BCUT2D eigenvalue weighted by atomic mass is 10.1. The molecule has 0 spiro atoms. The minimum absolute atomic E-state index is 0.204. The minimum atomic E-state index is -0.385. The van der Waals surface area contributed by atoms with Crippen molar-refractivity contribution in [1.82, 2.24) is 20.0 Å². The zero-order chi connectivity index (χ0) is 14.9. The van der Waals surface area contributed by atoms with Crippen LogP contribution >= 0.6 is 0 Å². The number of nitrogens with zero attached hydrogens (tertiary/aromatic N) is 4. The van der Waals surface area contributed by atoms with Crippen LogP contribution in [-0.4, -0.2) is 45.7 Å². The predicted octanol–water partition coefficient (Wildman–Crippen LogP) is 1.42. The van der Waals surface area contributed by atoms with Gasteiger partial charge in [0.25, 0.3) is 5.91 Å². The molecule has 1 unspecified atom stereocenters. The van der Waals surface area contributed by atoms with Crippen molar-refractivity contribution < 1.29 is 18.5 Å². The van der Waals surface area contributed by atoms with Crippen molar-refractivity contribution in [2.24, 2.45) is 0 Å². The maximum atomic E-state index is 12.9. The molecule has 0 bridgehead atoms. The predicted molar refractivity (Wildman–Crippen MR) is 72.9 cm³/mol. The van der Waals surface area contributed by atoms with Crippen molar-refractivity contribution in [3.05, 3.63) is 42.5 Å². The molecule has 1 aliphatic heterocycles. The lowest BCUT2D eigenvalue weighted by Gasteiger charge is -2.33. The number of amides is 1. The largest absolute Gasteiger partial charge is 0.464 e. The quantitative estimate of drug-likeness (QED) is 0.706. The maximum absolute atomic E-state index is 12.9. The van der Waals surface area contributed by atoms with Crippen LogP contribution in [0, 0.1) is 0 Å². The number of furan rings is 1. The molecular formula is C14H12N4O4. The number of hydrogen-bond donors (Lipinski definition) is 0. The van der Waals surface area contributed by atoms with Gasteiger partial charge >= 0.3 is 0 Å². The van der Waals surface area contributed by atoms with Crippen molar-refractivity contribution in [3.63, 3.8) is 0 Å². The van der Waals surface area contributed by atoms with Crippen molar-refractivity contribution in [3.8, 4) is 0 Å². The summed E-state index contributed by atoms with van der Waals surface area (Å²) in [5.74, 6) is 0.220. The second-order valence-electron chi connectivity index (χ2n) is 4.87. The number of ether oxygens (including phenoxy) is 1. The summed E-state index contributed by atoms with van der Waals surface area (Å²) < 4.78 is 15.5. The number of pyridine rings is 1. The van der Waals surface area contributed by atoms with E-state index in [4.69, 9.17) is 13.7 Å². The standard InChI is InChI=1S/C14H12N4O4/c19-14(12-9-2-5-21-11(9)1-3-15-12)18-4-6-20-7-10(18)13-16-8-22-17-13/h1-3,5,8,10H,4,6-7H2. The fourth-order valence-electron chi connectivity index (χ4n) is 2.59. The topological polar surface area (TPSA) is 94.5 Å². The van der Waals surface area contributed by atoms with Gasteiger partial charge in [-0.25, -0.2) is 0 Å². The number of aromatic nitrogens is 3. The van der Waals surface area contributed by atoms with Crippen LogP contribution < -0.4 is 0 Å². The highest BCUT2D eigenvalue weighted by Crippen LogP contribution is 2.26. The molecule has 4 heterocycles. The first-order valence-corrected chi connectivity index (χ1v) is 6.82. The molecule has 1 atom stereocenters. The van der Waals surface area contributed by atoms with E-state index in [9.17, 15) is 4.79 Å². The van der Waals surface area contributed by atoms with Crippen LogP contribution in [0.1, 0.15) is 22.4 Å². The minimum Gasteiger partial charge on any atom is -0.464 e. The second-order valence-corrected chi connectivity index (χ2v) is 4.87. The Bertz CT molecular complexity index is 798. The molecule has 0 radical (unpaired) electrons. The fraction of sp³-hybridized carbons (Fsp3) is 0.286. The first-order valence-electron chi connectivity index (χ1n) is 6.82. The molecule has 0 saturated carbocycles. The lowest BCUT2D eigenvalue weighted by molar-refractivity contribution is -0.00595.